The summed E-state index contributed by atoms with van der Waals surface area (Å²) in [7, 11) is 0. The molecule has 2 rings (SSSR count). The molecule has 0 fully saturated rings. The van der Waals surface area contributed by atoms with E-state index in [1.54, 1.807) is 0 Å². The highest BCUT2D eigenvalue weighted by molar-refractivity contribution is 5.92. The van der Waals surface area contributed by atoms with Crippen LogP contribution in [0.25, 0.3) is 0 Å². The molecule has 1 aliphatic rings. The van der Waals surface area contributed by atoms with Gasteiger partial charge in [0.25, 0.3) is 0 Å². The second-order valence-corrected chi connectivity index (χ2v) is 3.31. The lowest BCUT2D eigenvalue weighted by Crippen LogP contribution is -2.30. The molecule has 16 heavy (non-hydrogen) atoms. The number of nitrogens with zero attached hydrogens (tertiary/aromatic N) is 2. The molecular weight excluding hydrogens is 223 g/mol. The highest BCUT2D eigenvalue weighted by atomic mass is 19.4. The van der Waals surface area contributed by atoms with Gasteiger partial charge in [0.2, 0.25) is 5.91 Å². The summed E-state index contributed by atoms with van der Waals surface area (Å²) in [4.78, 5) is 10.7. The Hall–Kier alpha value is -1.92. The minimum Gasteiger partial charge on any atom is -0.366 e. The number of primary amides is 1. The highest BCUT2D eigenvalue weighted by Crippen LogP contribution is 2.52. The average Bonchev–Trinajstić information content (AvgIpc) is 2.97. The van der Waals surface area contributed by atoms with Crippen LogP contribution >= 0.6 is 0 Å². The molecule has 0 spiro atoms. The zero-order valence-electron chi connectivity index (χ0n) is 7.82. The molecule has 7 heteroatoms. The van der Waals surface area contributed by atoms with Gasteiger partial charge >= 0.3 is 11.8 Å². The maximum absolute atomic E-state index is 12.6. The van der Waals surface area contributed by atoms with Gasteiger partial charge in [0.05, 0.1) is 0 Å². The summed E-state index contributed by atoms with van der Waals surface area (Å²) < 4.78 is 37.7. The fourth-order valence-electron chi connectivity index (χ4n) is 1.31. The zero-order chi connectivity index (χ0) is 12.0. The van der Waals surface area contributed by atoms with E-state index in [0.717, 1.165) is 12.1 Å². The molecule has 0 unspecified atom stereocenters. The Labute approximate surface area is 88.0 Å². The van der Waals surface area contributed by atoms with Crippen LogP contribution in [0.3, 0.4) is 0 Å². The molecule has 0 saturated heterocycles. The highest BCUT2D eigenvalue weighted by Gasteiger charge is 2.65. The van der Waals surface area contributed by atoms with Crippen molar-refractivity contribution in [1.82, 2.24) is 0 Å². The van der Waals surface area contributed by atoms with E-state index in [1.807, 2.05) is 0 Å². The minimum atomic E-state index is -4.55. The van der Waals surface area contributed by atoms with Gasteiger partial charge in [-0.15, -0.1) is 10.2 Å². The molecule has 0 bridgehead atoms. The first-order chi connectivity index (χ1) is 7.37. The molecule has 84 valence electrons. The van der Waals surface area contributed by atoms with Crippen LogP contribution in [0.2, 0.25) is 0 Å². The van der Waals surface area contributed by atoms with Crippen molar-refractivity contribution in [2.75, 3.05) is 0 Å². The van der Waals surface area contributed by atoms with Gasteiger partial charge in [0, 0.05) is 11.1 Å². The molecule has 0 radical (unpaired) electrons. The molecule has 4 nitrogen and oxygen atoms in total. The second-order valence-electron chi connectivity index (χ2n) is 3.31. The Morgan fingerprint density at radius 1 is 1.19 bits per heavy atom. The van der Waals surface area contributed by atoms with Gasteiger partial charge in [0.1, 0.15) is 0 Å². The Bertz CT molecular complexity index is 458. The van der Waals surface area contributed by atoms with Crippen molar-refractivity contribution in [2.24, 2.45) is 16.0 Å². The van der Waals surface area contributed by atoms with Crippen LogP contribution in [0.15, 0.2) is 34.5 Å². The number of hydrogen-bond donors (Lipinski definition) is 1. The lowest BCUT2D eigenvalue weighted by atomic mass is 10.0. The lowest BCUT2D eigenvalue weighted by Gasteiger charge is -2.14. The van der Waals surface area contributed by atoms with Crippen LogP contribution in [0.4, 0.5) is 13.2 Å². The van der Waals surface area contributed by atoms with Gasteiger partial charge in [-0.3, -0.25) is 4.79 Å². The van der Waals surface area contributed by atoms with Gasteiger partial charge in [-0.05, 0) is 12.1 Å². The van der Waals surface area contributed by atoms with Gasteiger partial charge in [-0.1, -0.05) is 12.1 Å². The molecule has 1 amide bonds. The molecule has 2 N–H and O–H groups in total. The number of amides is 1. The SMILES string of the molecule is NC(=O)c1ccc(C2(C(F)(F)F)N=N2)cc1. The molecule has 0 atom stereocenters. The van der Waals surface area contributed by atoms with E-state index < -0.39 is 17.7 Å². The standard InChI is InChI=1S/C9H6F3N3O/c10-9(11,12)8(14-15-8)6-3-1-5(2-4-6)7(13)16/h1-4H,(H2,13,16). The third-order valence-corrected chi connectivity index (χ3v) is 2.27. The van der Waals surface area contributed by atoms with Crippen molar-refractivity contribution in [3.63, 3.8) is 0 Å². The van der Waals surface area contributed by atoms with Gasteiger partial charge in [0.15, 0.2) is 0 Å². The monoisotopic (exact) mass is 229 g/mol. The van der Waals surface area contributed by atoms with E-state index in [0.29, 0.717) is 0 Å². The zero-order valence-corrected chi connectivity index (χ0v) is 7.82. The lowest BCUT2D eigenvalue weighted by molar-refractivity contribution is -0.166. The number of carbonyl (C=O) groups is 1. The summed E-state index contributed by atoms with van der Waals surface area (Å²) in [5.74, 6) is -0.697. The maximum atomic E-state index is 12.6. The number of alkyl halides is 3. The minimum absolute atomic E-state index is 0.120. The number of carbonyl (C=O) groups excluding carboxylic acids is 1. The normalized spacial score (nSPS) is 17.2. The fraction of sp³-hybridized carbons (Fsp3) is 0.222. The van der Waals surface area contributed by atoms with E-state index in [2.05, 4.69) is 10.2 Å². The largest absolute Gasteiger partial charge is 0.442 e. The van der Waals surface area contributed by atoms with Crippen molar-refractivity contribution in [3.05, 3.63) is 35.4 Å². The number of nitrogens with two attached hydrogens (primary N) is 1. The third-order valence-electron chi connectivity index (χ3n) is 2.27. The summed E-state index contributed by atoms with van der Waals surface area (Å²) >= 11 is 0. The summed E-state index contributed by atoms with van der Waals surface area (Å²) in [6.45, 7) is 0. The van der Waals surface area contributed by atoms with E-state index in [1.165, 1.54) is 12.1 Å². The van der Waals surface area contributed by atoms with Gasteiger partial charge in [-0.25, -0.2) is 0 Å². The van der Waals surface area contributed by atoms with E-state index in [4.69, 9.17) is 5.73 Å². The molecule has 0 saturated carbocycles. The van der Waals surface area contributed by atoms with Crippen molar-refractivity contribution >= 4 is 5.91 Å². The predicted molar refractivity (Wildman–Crippen MR) is 47.5 cm³/mol. The number of benzene rings is 1. The quantitative estimate of drug-likeness (QED) is 0.827. The topological polar surface area (TPSA) is 67.8 Å². The first-order valence-corrected chi connectivity index (χ1v) is 4.28. The maximum Gasteiger partial charge on any atom is 0.442 e. The second kappa shape index (κ2) is 3.03. The van der Waals surface area contributed by atoms with E-state index in [9.17, 15) is 18.0 Å². The number of rotatable bonds is 2. The Morgan fingerprint density at radius 2 is 1.69 bits per heavy atom. The van der Waals surface area contributed by atoms with Crippen molar-refractivity contribution < 1.29 is 18.0 Å². The van der Waals surface area contributed by atoms with Crippen molar-refractivity contribution in [1.29, 1.82) is 0 Å². The molecule has 1 aromatic rings. The van der Waals surface area contributed by atoms with Crippen LogP contribution in [-0.4, -0.2) is 12.1 Å². The molecular formula is C9H6F3N3O. The van der Waals surface area contributed by atoms with Crippen LogP contribution in [-0.2, 0) is 5.66 Å². The van der Waals surface area contributed by atoms with Crippen LogP contribution in [0.5, 0.6) is 0 Å². The predicted octanol–water partition coefficient (Wildman–Crippen LogP) is 1.97. The van der Waals surface area contributed by atoms with Gasteiger partial charge in [-0.2, -0.15) is 13.2 Å². The third kappa shape index (κ3) is 1.44. The Kier molecular flexibility index (Phi) is 2.01. The van der Waals surface area contributed by atoms with Crippen molar-refractivity contribution in [2.45, 2.75) is 11.8 Å². The van der Waals surface area contributed by atoms with E-state index in [-0.39, 0.29) is 11.1 Å². The summed E-state index contributed by atoms with van der Waals surface area (Å²) in [5, 5.41) is 6.07. The van der Waals surface area contributed by atoms with Crippen LogP contribution in [0, 0.1) is 0 Å². The molecule has 1 aliphatic heterocycles. The fourth-order valence-corrected chi connectivity index (χ4v) is 1.31. The smallest absolute Gasteiger partial charge is 0.366 e. The van der Waals surface area contributed by atoms with Crippen molar-refractivity contribution in [3.8, 4) is 0 Å². The summed E-state index contributed by atoms with van der Waals surface area (Å²) in [6, 6.07) is 4.73. The average molecular weight is 229 g/mol. The number of hydrogen-bond acceptors (Lipinski definition) is 3. The first-order valence-electron chi connectivity index (χ1n) is 4.28. The first kappa shape index (κ1) is 10.6. The Balaban J connectivity index is 2.33. The number of halogens is 3. The van der Waals surface area contributed by atoms with Crippen LogP contribution < -0.4 is 5.73 Å². The van der Waals surface area contributed by atoms with Crippen LogP contribution in [0.1, 0.15) is 15.9 Å². The molecule has 0 aliphatic carbocycles. The Morgan fingerprint density at radius 3 is 2.00 bits per heavy atom. The molecule has 0 aromatic heterocycles. The van der Waals surface area contributed by atoms with E-state index >= 15 is 0 Å². The molecule has 1 aromatic carbocycles. The summed E-state index contributed by atoms with van der Waals surface area (Å²) in [5.41, 5.74) is 2.55. The molecule has 1 heterocycles. The van der Waals surface area contributed by atoms with Gasteiger partial charge < -0.3 is 5.73 Å². The summed E-state index contributed by atoms with van der Waals surface area (Å²) in [6.07, 6.45) is -4.55.